The quantitative estimate of drug-likeness (QED) is 0.884. The SMILES string of the molecule is COc1c(F)cc(NC(=O)N(C2CC2)[C@@H](C)c2ccco2)cc1F. The Hall–Kier alpha value is -2.57. The number of methoxy groups -OCH3 is 1. The second kappa shape index (κ2) is 6.51. The molecule has 0 radical (unpaired) electrons. The summed E-state index contributed by atoms with van der Waals surface area (Å²) in [6.07, 6.45) is 3.33. The summed E-state index contributed by atoms with van der Waals surface area (Å²) >= 11 is 0. The van der Waals surface area contributed by atoms with E-state index in [2.05, 4.69) is 10.1 Å². The van der Waals surface area contributed by atoms with E-state index in [-0.39, 0.29) is 17.8 Å². The Morgan fingerprint density at radius 1 is 1.38 bits per heavy atom. The van der Waals surface area contributed by atoms with Crippen LogP contribution in [0.1, 0.15) is 31.6 Å². The number of halogens is 2. The first-order chi connectivity index (χ1) is 11.5. The molecule has 1 heterocycles. The topological polar surface area (TPSA) is 54.7 Å². The van der Waals surface area contributed by atoms with Crippen molar-refractivity contribution in [2.75, 3.05) is 12.4 Å². The summed E-state index contributed by atoms with van der Waals surface area (Å²) in [5, 5.41) is 2.55. The molecule has 0 unspecified atom stereocenters. The molecule has 1 fully saturated rings. The van der Waals surface area contributed by atoms with Crippen molar-refractivity contribution in [2.24, 2.45) is 0 Å². The Balaban J connectivity index is 1.79. The lowest BCUT2D eigenvalue weighted by Crippen LogP contribution is -2.38. The zero-order valence-corrected chi connectivity index (χ0v) is 13.4. The van der Waals surface area contributed by atoms with Crippen LogP contribution in [0.25, 0.3) is 0 Å². The van der Waals surface area contributed by atoms with Gasteiger partial charge in [0.2, 0.25) is 0 Å². The molecule has 1 saturated carbocycles. The number of anilines is 1. The third kappa shape index (κ3) is 3.20. The number of nitrogens with zero attached hydrogens (tertiary/aromatic N) is 1. The minimum atomic E-state index is -0.871. The number of hydrogen-bond donors (Lipinski definition) is 1. The van der Waals surface area contributed by atoms with E-state index in [1.807, 2.05) is 6.92 Å². The predicted molar refractivity (Wildman–Crippen MR) is 83.9 cm³/mol. The van der Waals surface area contributed by atoms with Crippen LogP contribution in [-0.4, -0.2) is 24.1 Å². The number of urea groups is 1. The van der Waals surface area contributed by atoms with Gasteiger partial charge < -0.3 is 19.4 Å². The fourth-order valence-corrected chi connectivity index (χ4v) is 2.69. The van der Waals surface area contributed by atoms with E-state index < -0.39 is 23.4 Å². The first-order valence-electron chi connectivity index (χ1n) is 7.67. The summed E-state index contributed by atoms with van der Waals surface area (Å²) in [5.41, 5.74) is 0.0353. The molecule has 0 spiro atoms. The summed E-state index contributed by atoms with van der Waals surface area (Å²) in [7, 11) is 1.18. The van der Waals surface area contributed by atoms with E-state index in [1.165, 1.54) is 7.11 Å². The van der Waals surface area contributed by atoms with Gasteiger partial charge in [-0.25, -0.2) is 13.6 Å². The lowest BCUT2D eigenvalue weighted by molar-refractivity contribution is 0.179. The Labute approximate surface area is 138 Å². The highest BCUT2D eigenvalue weighted by molar-refractivity contribution is 5.90. The van der Waals surface area contributed by atoms with E-state index in [0.29, 0.717) is 5.76 Å². The maximum atomic E-state index is 13.8. The Morgan fingerprint density at radius 3 is 2.54 bits per heavy atom. The first-order valence-corrected chi connectivity index (χ1v) is 7.67. The summed E-state index contributed by atoms with van der Waals surface area (Å²) in [5.74, 6) is -1.56. The fraction of sp³-hybridized carbons (Fsp3) is 0.353. The van der Waals surface area contributed by atoms with E-state index in [1.54, 1.807) is 23.3 Å². The van der Waals surface area contributed by atoms with Crippen molar-refractivity contribution >= 4 is 11.7 Å². The van der Waals surface area contributed by atoms with Gasteiger partial charge in [-0.15, -0.1) is 0 Å². The molecule has 5 nitrogen and oxygen atoms in total. The van der Waals surface area contributed by atoms with Crippen LogP contribution in [0.4, 0.5) is 19.3 Å². The van der Waals surface area contributed by atoms with Crippen LogP contribution < -0.4 is 10.1 Å². The zero-order chi connectivity index (χ0) is 17.3. The monoisotopic (exact) mass is 336 g/mol. The number of amides is 2. The largest absolute Gasteiger partial charge is 0.491 e. The van der Waals surface area contributed by atoms with Gasteiger partial charge >= 0.3 is 6.03 Å². The van der Waals surface area contributed by atoms with Crippen molar-refractivity contribution < 1.29 is 22.7 Å². The molecule has 0 bridgehead atoms. The zero-order valence-electron chi connectivity index (χ0n) is 13.4. The number of carbonyl (C=O) groups excluding carboxylic acids is 1. The van der Waals surface area contributed by atoms with Gasteiger partial charge in [-0.2, -0.15) is 0 Å². The molecule has 1 N–H and O–H groups in total. The second-order valence-corrected chi connectivity index (χ2v) is 5.73. The molecular formula is C17H18F2N2O3. The van der Waals surface area contributed by atoms with Gasteiger partial charge in [-0.05, 0) is 31.9 Å². The highest BCUT2D eigenvalue weighted by Gasteiger charge is 2.37. The normalized spacial score (nSPS) is 15.0. The molecule has 0 saturated heterocycles. The lowest BCUT2D eigenvalue weighted by atomic mass is 10.2. The van der Waals surface area contributed by atoms with E-state index >= 15 is 0 Å². The van der Waals surface area contributed by atoms with Crippen LogP contribution >= 0.6 is 0 Å². The van der Waals surface area contributed by atoms with Gasteiger partial charge in [0.25, 0.3) is 0 Å². The summed E-state index contributed by atoms with van der Waals surface area (Å²) in [6.45, 7) is 1.85. The predicted octanol–water partition coefficient (Wildman–Crippen LogP) is 4.32. The van der Waals surface area contributed by atoms with Crippen LogP contribution in [0.3, 0.4) is 0 Å². The summed E-state index contributed by atoms with van der Waals surface area (Å²) in [4.78, 5) is 14.2. The molecular weight excluding hydrogens is 318 g/mol. The molecule has 7 heteroatoms. The third-order valence-corrected chi connectivity index (χ3v) is 4.00. The Bertz CT molecular complexity index is 706. The molecule has 1 aromatic heterocycles. The number of furan rings is 1. The standard InChI is InChI=1S/C17H18F2N2O3/c1-10(15-4-3-7-24-15)21(12-5-6-12)17(22)20-11-8-13(18)16(23-2)14(19)9-11/h3-4,7-10,12H,5-6H2,1-2H3,(H,20,22)/t10-/m0/s1. The number of nitrogens with one attached hydrogen (secondary N) is 1. The van der Waals surface area contributed by atoms with Gasteiger partial charge in [-0.1, -0.05) is 0 Å². The van der Waals surface area contributed by atoms with Crippen LogP contribution in [0.5, 0.6) is 5.75 Å². The van der Waals surface area contributed by atoms with Crippen LogP contribution in [0.2, 0.25) is 0 Å². The van der Waals surface area contributed by atoms with Crippen molar-refractivity contribution in [1.82, 2.24) is 4.90 Å². The smallest absolute Gasteiger partial charge is 0.322 e. The number of hydrogen-bond acceptors (Lipinski definition) is 3. The molecule has 0 aliphatic heterocycles. The van der Waals surface area contributed by atoms with Crippen LogP contribution in [0, 0.1) is 11.6 Å². The van der Waals surface area contributed by atoms with Crippen LogP contribution in [-0.2, 0) is 0 Å². The Morgan fingerprint density at radius 2 is 2.04 bits per heavy atom. The van der Waals surface area contributed by atoms with Crippen molar-refractivity contribution in [2.45, 2.75) is 31.8 Å². The van der Waals surface area contributed by atoms with Gasteiger partial charge in [0.05, 0.1) is 19.4 Å². The molecule has 1 aliphatic carbocycles. The van der Waals surface area contributed by atoms with Crippen molar-refractivity contribution in [3.63, 3.8) is 0 Å². The van der Waals surface area contributed by atoms with Crippen molar-refractivity contribution in [3.8, 4) is 5.75 Å². The highest BCUT2D eigenvalue weighted by atomic mass is 19.1. The van der Waals surface area contributed by atoms with Crippen molar-refractivity contribution in [1.29, 1.82) is 0 Å². The van der Waals surface area contributed by atoms with Gasteiger partial charge in [0, 0.05) is 23.9 Å². The highest BCUT2D eigenvalue weighted by Crippen LogP contribution is 2.35. The van der Waals surface area contributed by atoms with Gasteiger partial charge in [0.15, 0.2) is 17.4 Å². The van der Waals surface area contributed by atoms with E-state index in [0.717, 1.165) is 25.0 Å². The molecule has 1 aromatic carbocycles. The first kappa shape index (κ1) is 16.3. The Kier molecular flexibility index (Phi) is 4.42. The van der Waals surface area contributed by atoms with E-state index in [4.69, 9.17) is 4.42 Å². The molecule has 24 heavy (non-hydrogen) atoms. The maximum Gasteiger partial charge on any atom is 0.322 e. The van der Waals surface area contributed by atoms with Crippen molar-refractivity contribution in [3.05, 3.63) is 47.9 Å². The van der Waals surface area contributed by atoms with Crippen LogP contribution in [0.15, 0.2) is 34.9 Å². The van der Waals surface area contributed by atoms with E-state index in [9.17, 15) is 13.6 Å². The number of ether oxygens (including phenoxy) is 1. The molecule has 2 aromatic rings. The molecule has 2 amide bonds. The average Bonchev–Trinajstić information content (AvgIpc) is 3.19. The summed E-state index contributed by atoms with van der Waals surface area (Å²) in [6, 6.07) is 5.00. The molecule has 128 valence electrons. The maximum absolute atomic E-state index is 13.8. The fourth-order valence-electron chi connectivity index (χ4n) is 2.69. The molecule has 3 rings (SSSR count). The number of benzene rings is 1. The molecule has 1 atom stereocenters. The molecule has 1 aliphatic rings. The third-order valence-electron chi connectivity index (χ3n) is 4.00. The second-order valence-electron chi connectivity index (χ2n) is 5.73. The van der Waals surface area contributed by atoms with Gasteiger partial charge in [0.1, 0.15) is 5.76 Å². The minimum Gasteiger partial charge on any atom is -0.491 e. The average molecular weight is 336 g/mol. The summed E-state index contributed by atoms with van der Waals surface area (Å²) < 4.78 is 37.5. The lowest BCUT2D eigenvalue weighted by Gasteiger charge is -2.28. The number of rotatable bonds is 5. The number of carbonyl (C=O) groups is 1. The minimum absolute atomic E-state index is 0.0353. The van der Waals surface area contributed by atoms with Gasteiger partial charge in [-0.3, -0.25) is 0 Å².